The molecule has 0 bridgehead atoms. The summed E-state index contributed by atoms with van der Waals surface area (Å²) in [5, 5.41) is 15.4. The fourth-order valence-corrected chi connectivity index (χ4v) is 4.60. The van der Waals surface area contributed by atoms with Crippen LogP contribution in [0.5, 0.6) is 5.75 Å². The van der Waals surface area contributed by atoms with E-state index in [4.69, 9.17) is 10.5 Å². The number of hydrogen-bond acceptors (Lipinski definition) is 6. The minimum absolute atomic E-state index is 0.314. The van der Waals surface area contributed by atoms with Gasteiger partial charge in [-0.2, -0.15) is 5.10 Å². The maximum atomic E-state index is 10.8. The Labute approximate surface area is 223 Å². The van der Waals surface area contributed by atoms with E-state index < -0.39 is 5.60 Å². The molecule has 7 heteroatoms. The molecule has 1 aliphatic rings. The van der Waals surface area contributed by atoms with Gasteiger partial charge in [-0.3, -0.25) is 4.68 Å². The van der Waals surface area contributed by atoms with Crippen LogP contribution in [0.3, 0.4) is 0 Å². The Kier molecular flexibility index (Phi) is 7.45. The van der Waals surface area contributed by atoms with Gasteiger partial charge in [-0.25, -0.2) is 4.98 Å². The number of ether oxygens (including phenoxy) is 1. The van der Waals surface area contributed by atoms with Crippen LogP contribution in [0, 0.1) is 11.8 Å². The Morgan fingerprint density at radius 2 is 1.84 bits per heavy atom. The van der Waals surface area contributed by atoms with E-state index in [0.29, 0.717) is 24.2 Å². The first kappa shape index (κ1) is 25.5. The molecule has 2 aromatic heterocycles. The van der Waals surface area contributed by atoms with Gasteiger partial charge in [-0.05, 0) is 69.2 Å². The Balaban J connectivity index is 1.27. The summed E-state index contributed by atoms with van der Waals surface area (Å²) in [6.45, 7) is 4.18. The molecule has 5 rings (SSSR count). The van der Waals surface area contributed by atoms with Crippen molar-refractivity contribution >= 4 is 5.82 Å². The molecule has 0 spiro atoms. The minimum atomic E-state index is -1.24. The van der Waals surface area contributed by atoms with Crippen molar-refractivity contribution in [1.29, 1.82) is 0 Å². The molecule has 0 aliphatic carbocycles. The summed E-state index contributed by atoms with van der Waals surface area (Å²) in [5.74, 6) is 6.94. The Bertz CT molecular complexity index is 1440. The first-order chi connectivity index (χ1) is 18.4. The van der Waals surface area contributed by atoms with E-state index in [1.807, 2.05) is 66.9 Å². The number of aliphatic hydroxyl groups is 1. The molecule has 1 saturated heterocycles. The summed E-state index contributed by atoms with van der Waals surface area (Å²) in [4.78, 5) is 6.71. The lowest BCUT2D eigenvalue weighted by molar-refractivity contribution is 0.122. The van der Waals surface area contributed by atoms with E-state index in [1.54, 1.807) is 13.1 Å². The van der Waals surface area contributed by atoms with E-state index in [1.165, 1.54) is 0 Å². The molecule has 0 amide bonds. The standard InChI is InChI=1S/C31H33N5O2/c1-31(37,27-9-4-3-5-10-27)14-11-23-7-6-8-24(17-23)22-38-29-18-25(19-33-30(29)32)26-20-34-36(21-26)28-12-15-35(2)16-13-28/h3-10,17-21,28,37H,12-13,15-16,22H2,1-2H3,(H2,32,33). The third-order valence-electron chi connectivity index (χ3n) is 6.99. The molecule has 3 heterocycles. The number of piperidine rings is 1. The van der Waals surface area contributed by atoms with Gasteiger partial charge in [0.15, 0.2) is 11.6 Å². The zero-order valence-electron chi connectivity index (χ0n) is 21.8. The molecule has 4 aromatic rings. The predicted octanol–water partition coefficient (Wildman–Crippen LogP) is 4.63. The van der Waals surface area contributed by atoms with E-state index in [9.17, 15) is 5.11 Å². The first-order valence-electron chi connectivity index (χ1n) is 12.9. The highest BCUT2D eigenvalue weighted by Gasteiger charge is 2.20. The van der Waals surface area contributed by atoms with Crippen molar-refractivity contribution in [3.8, 4) is 28.7 Å². The number of benzene rings is 2. The molecule has 2 aromatic carbocycles. The van der Waals surface area contributed by atoms with Crippen molar-refractivity contribution in [3.05, 3.63) is 95.9 Å². The molecule has 1 atom stereocenters. The molecule has 1 unspecified atom stereocenters. The van der Waals surface area contributed by atoms with Crippen molar-refractivity contribution in [2.24, 2.45) is 0 Å². The molecule has 1 fully saturated rings. The first-order valence-corrected chi connectivity index (χ1v) is 12.9. The van der Waals surface area contributed by atoms with Crippen molar-refractivity contribution in [2.45, 2.75) is 38.0 Å². The third-order valence-corrected chi connectivity index (χ3v) is 6.99. The molecule has 1 aliphatic heterocycles. The fourth-order valence-electron chi connectivity index (χ4n) is 4.60. The molecular weight excluding hydrogens is 474 g/mol. The lowest BCUT2D eigenvalue weighted by atomic mass is 9.96. The van der Waals surface area contributed by atoms with Crippen LogP contribution >= 0.6 is 0 Å². The summed E-state index contributed by atoms with van der Waals surface area (Å²) in [6.07, 6.45) is 7.91. The molecule has 3 N–H and O–H groups in total. The van der Waals surface area contributed by atoms with E-state index in [-0.39, 0.29) is 0 Å². The quantitative estimate of drug-likeness (QED) is 0.370. The van der Waals surface area contributed by atoms with Gasteiger partial charge in [0, 0.05) is 29.1 Å². The predicted molar refractivity (Wildman–Crippen MR) is 149 cm³/mol. The lowest BCUT2D eigenvalue weighted by Gasteiger charge is -2.28. The number of nitrogens with two attached hydrogens (primary N) is 1. The molecule has 38 heavy (non-hydrogen) atoms. The number of aromatic nitrogens is 3. The maximum Gasteiger partial charge on any atom is 0.166 e. The number of likely N-dealkylation sites (tertiary alicyclic amines) is 1. The monoisotopic (exact) mass is 507 g/mol. The summed E-state index contributed by atoms with van der Waals surface area (Å²) in [5.41, 5.74) is 9.29. The highest BCUT2D eigenvalue weighted by molar-refractivity contribution is 5.65. The van der Waals surface area contributed by atoms with E-state index >= 15 is 0 Å². The minimum Gasteiger partial charge on any atom is -0.485 e. The van der Waals surface area contributed by atoms with Crippen LogP contribution in [0.1, 0.15) is 42.5 Å². The average Bonchev–Trinajstić information content (AvgIpc) is 3.43. The van der Waals surface area contributed by atoms with Gasteiger partial charge >= 0.3 is 0 Å². The highest BCUT2D eigenvalue weighted by Crippen LogP contribution is 2.29. The molecular formula is C31H33N5O2. The van der Waals surface area contributed by atoms with Crippen LogP contribution in [0.2, 0.25) is 0 Å². The summed E-state index contributed by atoms with van der Waals surface area (Å²) in [6, 6.07) is 19.5. The smallest absolute Gasteiger partial charge is 0.166 e. The van der Waals surface area contributed by atoms with Gasteiger partial charge in [0.2, 0.25) is 0 Å². The lowest BCUT2D eigenvalue weighted by Crippen LogP contribution is -2.31. The van der Waals surface area contributed by atoms with Crippen LogP contribution in [-0.4, -0.2) is 44.9 Å². The summed E-state index contributed by atoms with van der Waals surface area (Å²) < 4.78 is 8.14. The van der Waals surface area contributed by atoms with Crippen molar-refractivity contribution in [2.75, 3.05) is 25.9 Å². The Morgan fingerprint density at radius 3 is 2.63 bits per heavy atom. The largest absolute Gasteiger partial charge is 0.485 e. The Hall–Kier alpha value is -4.12. The highest BCUT2D eigenvalue weighted by atomic mass is 16.5. The fraction of sp³-hybridized carbons (Fsp3) is 0.290. The topological polar surface area (TPSA) is 89.4 Å². The van der Waals surface area contributed by atoms with Crippen molar-refractivity contribution < 1.29 is 9.84 Å². The van der Waals surface area contributed by atoms with Gasteiger partial charge in [0.25, 0.3) is 0 Å². The number of anilines is 1. The average molecular weight is 508 g/mol. The van der Waals surface area contributed by atoms with Gasteiger partial charge in [0.1, 0.15) is 12.2 Å². The molecule has 0 saturated carbocycles. The second kappa shape index (κ2) is 11.1. The van der Waals surface area contributed by atoms with E-state index in [0.717, 1.165) is 53.7 Å². The third kappa shape index (κ3) is 6.05. The second-order valence-electron chi connectivity index (χ2n) is 10.0. The van der Waals surface area contributed by atoms with Gasteiger partial charge in [0.05, 0.1) is 12.2 Å². The van der Waals surface area contributed by atoms with Crippen LogP contribution in [0.15, 0.2) is 79.3 Å². The molecule has 194 valence electrons. The van der Waals surface area contributed by atoms with Crippen LogP contribution in [0.4, 0.5) is 5.82 Å². The molecule has 0 radical (unpaired) electrons. The summed E-state index contributed by atoms with van der Waals surface area (Å²) >= 11 is 0. The number of hydrogen-bond donors (Lipinski definition) is 2. The van der Waals surface area contributed by atoms with Crippen LogP contribution in [0.25, 0.3) is 11.1 Å². The second-order valence-corrected chi connectivity index (χ2v) is 10.0. The van der Waals surface area contributed by atoms with Crippen molar-refractivity contribution in [3.63, 3.8) is 0 Å². The molecule has 7 nitrogen and oxygen atoms in total. The SMILES string of the molecule is CN1CCC(n2cc(-c3cnc(N)c(OCc4cccc(C#CC(C)(O)c5ccccc5)c4)c3)cn2)CC1. The number of pyridine rings is 1. The normalized spacial score (nSPS) is 15.9. The van der Waals surface area contributed by atoms with Gasteiger partial charge in [-0.15, -0.1) is 0 Å². The van der Waals surface area contributed by atoms with Gasteiger partial charge < -0.3 is 20.5 Å². The van der Waals surface area contributed by atoms with Crippen molar-refractivity contribution in [1.82, 2.24) is 19.7 Å². The number of nitrogens with zero attached hydrogens (tertiary/aromatic N) is 4. The van der Waals surface area contributed by atoms with Crippen LogP contribution in [-0.2, 0) is 12.2 Å². The van der Waals surface area contributed by atoms with Crippen LogP contribution < -0.4 is 10.5 Å². The van der Waals surface area contributed by atoms with E-state index in [2.05, 4.69) is 44.7 Å². The zero-order valence-corrected chi connectivity index (χ0v) is 21.8. The Morgan fingerprint density at radius 1 is 1.05 bits per heavy atom. The number of rotatable bonds is 6. The number of nitrogen functional groups attached to an aromatic ring is 1. The summed E-state index contributed by atoms with van der Waals surface area (Å²) in [7, 11) is 2.16. The maximum absolute atomic E-state index is 10.8. The zero-order chi connectivity index (χ0) is 26.5. The van der Waals surface area contributed by atoms with Gasteiger partial charge in [-0.1, -0.05) is 54.3 Å².